The molecule has 3 rings (SSSR count). The summed E-state index contributed by atoms with van der Waals surface area (Å²) in [7, 11) is 1.46. The fourth-order valence-corrected chi connectivity index (χ4v) is 1.44. The molecule has 16 heavy (non-hydrogen) atoms. The molecular formula is C6H7N9O. The highest BCUT2D eigenvalue weighted by Crippen LogP contribution is 2.17. The highest BCUT2D eigenvalue weighted by Gasteiger charge is 2.16. The number of nitrogens with zero attached hydrogens (tertiary/aromatic N) is 7. The van der Waals surface area contributed by atoms with Crippen molar-refractivity contribution in [1.82, 2.24) is 34.2 Å². The Kier molecular flexibility index (Phi) is 1.45. The van der Waals surface area contributed by atoms with Crippen LogP contribution in [0.5, 0.6) is 6.01 Å². The minimum Gasteiger partial charge on any atom is -0.468 e. The molecule has 10 nitrogen and oxygen atoms in total. The molecule has 4 N–H and O–H groups in total. The lowest BCUT2D eigenvalue weighted by Crippen LogP contribution is -2.07. The Morgan fingerprint density at radius 3 is 2.44 bits per heavy atom. The van der Waals surface area contributed by atoms with Crippen LogP contribution in [0.3, 0.4) is 0 Å². The SMILES string of the molecule is COc1nc2nnc(N)n2c2nnc(N)n12. The molecule has 0 saturated carbocycles. The van der Waals surface area contributed by atoms with Crippen molar-refractivity contribution >= 4 is 23.5 Å². The lowest BCUT2D eigenvalue weighted by molar-refractivity contribution is 0.374. The number of nitrogen functional groups attached to an aromatic ring is 2. The van der Waals surface area contributed by atoms with Gasteiger partial charge in [-0.15, -0.1) is 20.4 Å². The van der Waals surface area contributed by atoms with Gasteiger partial charge in [-0.2, -0.15) is 9.38 Å². The summed E-state index contributed by atoms with van der Waals surface area (Å²) >= 11 is 0. The van der Waals surface area contributed by atoms with Crippen LogP contribution in [0.15, 0.2) is 0 Å². The summed E-state index contributed by atoms with van der Waals surface area (Å²) in [4.78, 5) is 4.07. The van der Waals surface area contributed by atoms with Gasteiger partial charge >= 0.3 is 6.01 Å². The van der Waals surface area contributed by atoms with E-state index in [1.807, 2.05) is 0 Å². The molecular weight excluding hydrogens is 214 g/mol. The number of aromatic nitrogens is 7. The zero-order valence-electron chi connectivity index (χ0n) is 8.19. The second-order valence-corrected chi connectivity index (χ2v) is 2.99. The first-order valence-electron chi connectivity index (χ1n) is 4.27. The predicted octanol–water partition coefficient (Wildman–Crippen LogP) is -1.66. The van der Waals surface area contributed by atoms with Crippen LogP contribution in [-0.2, 0) is 0 Å². The first-order valence-corrected chi connectivity index (χ1v) is 4.27. The normalized spacial score (nSPS) is 11.3. The van der Waals surface area contributed by atoms with Crippen molar-refractivity contribution < 1.29 is 4.74 Å². The van der Waals surface area contributed by atoms with Gasteiger partial charge in [-0.05, 0) is 0 Å². The van der Waals surface area contributed by atoms with Crippen molar-refractivity contribution in [2.45, 2.75) is 0 Å². The van der Waals surface area contributed by atoms with Crippen LogP contribution in [0.1, 0.15) is 0 Å². The van der Waals surface area contributed by atoms with E-state index in [0.29, 0.717) is 5.78 Å². The predicted molar refractivity (Wildman–Crippen MR) is 52.7 cm³/mol. The fraction of sp³-hybridized carbons (Fsp3) is 0.167. The Bertz CT molecular complexity index is 682. The molecule has 0 bridgehead atoms. The molecule has 3 aromatic rings. The number of methoxy groups -OCH3 is 1. The Hall–Kier alpha value is -2.65. The number of hydrogen-bond acceptors (Lipinski definition) is 8. The number of ether oxygens (including phenoxy) is 1. The minimum atomic E-state index is 0.148. The number of fused-ring (bicyclic) bond motifs is 3. The Morgan fingerprint density at radius 2 is 1.69 bits per heavy atom. The molecule has 0 unspecified atom stereocenters. The van der Waals surface area contributed by atoms with Crippen LogP contribution in [0.2, 0.25) is 0 Å². The van der Waals surface area contributed by atoms with Gasteiger partial charge < -0.3 is 16.2 Å². The van der Waals surface area contributed by atoms with Crippen LogP contribution >= 0.6 is 0 Å². The van der Waals surface area contributed by atoms with Crippen LogP contribution in [0.25, 0.3) is 11.6 Å². The van der Waals surface area contributed by atoms with E-state index < -0.39 is 0 Å². The molecule has 0 aliphatic heterocycles. The van der Waals surface area contributed by atoms with Crippen LogP contribution in [0, 0.1) is 0 Å². The standard InChI is InChI=1S/C6H7N9O/c1-16-6-9-4-12-10-2(7)14(4)5-13-11-3(8)15(5)6/h1H3,(H2,7,10)(H2,8,11). The van der Waals surface area contributed by atoms with Gasteiger partial charge in [0.15, 0.2) is 0 Å². The monoisotopic (exact) mass is 221 g/mol. The van der Waals surface area contributed by atoms with E-state index in [2.05, 4.69) is 25.4 Å². The molecule has 3 heterocycles. The van der Waals surface area contributed by atoms with Crippen molar-refractivity contribution in [3.8, 4) is 6.01 Å². The van der Waals surface area contributed by atoms with E-state index >= 15 is 0 Å². The molecule has 0 radical (unpaired) electrons. The van der Waals surface area contributed by atoms with Gasteiger partial charge in [0.2, 0.25) is 11.9 Å². The summed E-state index contributed by atoms with van der Waals surface area (Å²) in [6.45, 7) is 0. The zero-order valence-corrected chi connectivity index (χ0v) is 8.19. The molecule has 0 saturated heterocycles. The third-order valence-corrected chi connectivity index (χ3v) is 2.11. The van der Waals surface area contributed by atoms with Crippen molar-refractivity contribution in [2.75, 3.05) is 18.6 Å². The average molecular weight is 221 g/mol. The van der Waals surface area contributed by atoms with Crippen LogP contribution < -0.4 is 16.2 Å². The Labute approximate surface area is 87.9 Å². The van der Waals surface area contributed by atoms with Gasteiger partial charge in [-0.25, -0.2) is 4.40 Å². The number of hydrogen-bond donors (Lipinski definition) is 2. The minimum absolute atomic E-state index is 0.148. The molecule has 0 amide bonds. The number of anilines is 2. The van der Waals surface area contributed by atoms with E-state index in [9.17, 15) is 0 Å². The van der Waals surface area contributed by atoms with Gasteiger partial charge in [-0.3, -0.25) is 0 Å². The summed E-state index contributed by atoms with van der Waals surface area (Å²) in [5, 5.41) is 15.0. The van der Waals surface area contributed by atoms with Crippen molar-refractivity contribution in [1.29, 1.82) is 0 Å². The maximum atomic E-state index is 5.64. The lowest BCUT2D eigenvalue weighted by Gasteiger charge is -2.03. The summed E-state index contributed by atoms with van der Waals surface area (Å²) in [6, 6.07) is 0.220. The molecule has 0 fully saturated rings. The maximum absolute atomic E-state index is 5.64. The first-order chi connectivity index (χ1) is 7.72. The van der Waals surface area contributed by atoms with Crippen LogP contribution in [0.4, 0.5) is 11.9 Å². The second-order valence-electron chi connectivity index (χ2n) is 2.99. The second kappa shape index (κ2) is 2.68. The Balaban J connectivity index is 2.61. The highest BCUT2D eigenvalue weighted by atomic mass is 16.5. The highest BCUT2D eigenvalue weighted by molar-refractivity contribution is 5.51. The lowest BCUT2D eigenvalue weighted by atomic mass is 10.8. The van der Waals surface area contributed by atoms with E-state index in [4.69, 9.17) is 16.2 Å². The molecule has 0 aliphatic carbocycles. The average Bonchev–Trinajstić information content (AvgIpc) is 2.83. The van der Waals surface area contributed by atoms with Gasteiger partial charge in [0.25, 0.3) is 11.6 Å². The summed E-state index contributed by atoms with van der Waals surface area (Å²) in [5.41, 5.74) is 11.3. The fourth-order valence-electron chi connectivity index (χ4n) is 1.44. The molecule has 0 atom stereocenters. The van der Waals surface area contributed by atoms with Gasteiger partial charge in [0.05, 0.1) is 7.11 Å². The van der Waals surface area contributed by atoms with Gasteiger partial charge in [-0.1, -0.05) is 0 Å². The van der Waals surface area contributed by atoms with E-state index in [0.717, 1.165) is 0 Å². The number of nitrogens with two attached hydrogens (primary N) is 2. The quantitative estimate of drug-likeness (QED) is 0.498. The smallest absolute Gasteiger partial charge is 0.309 e. The van der Waals surface area contributed by atoms with E-state index in [1.54, 1.807) is 0 Å². The number of rotatable bonds is 1. The molecule has 3 aromatic heterocycles. The third-order valence-electron chi connectivity index (χ3n) is 2.11. The summed E-state index contributed by atoms with van der Waals surface area (Å²) in [6.07, 6.45) is 0. The zero-order chi connectivity index (χ0) is 11.3. The molecule has 0 aliphatic rings. The third kappa shape index (κ3) is 0.872. The largest absolute Gasteiger partial charge is 0.468 e. The topological polar surface area (TPSA) is 135 Å². The molecule has 0 spiro atoms. The Morgan fingerprint density at radius 1 is 1.00 bits per heavy atom. The van der Waals surface area contributed by atoms with Gasteiger partial charge in [0, 0.05) is 0 Å². The molecule has 10 heteroatoms. The first kappa shape index (κ1) is 8.64. The van der Waals surface area contributed by atoms with Gasteiger partial charge in [0.1, 0.15) is 0 Å². The maximum Gasteiger partial charge on any atom is 0.309 e. The van der Waals surface area contributed by atoms with Crippen molar-refractivity contribution in [3.63, 3.8) is 0 Å². The van der Waals surface area contributed by atoms with E-state index in [1.165, 1.54) is 15.9 Å². The molecule has 0 aromatic carbocycles. The molecule has 82 valence electrons. The van der Waals surface area contributed by atoms with Crippen molar-refractivity contribution in [2.24, 2.45) is 0 Å². The van der Waals surface area contributed by atoms with Crippen LogP contribution in [-0.4, -0.2) is 41.3 Å². The summed E-state index contributed by atoms with van der Waals surface area (Å²) < 4.78 is 7.89. The summed E-state index contributed by atoms with van der Waals surface area (Å²) in [5.74, 6) is 0.924. The van der Waals surface area contributed by atoms with E-state index in [-0.39, 0.29) is 23.7 Å². The van der Waals surface area contributed by atoms with Crippen molar-refractivity contribution in [3.05, 3.63) is 0 Å².